The highest BCUT2D eigenvalue weighted by atomic mass is 79.9. The van der Waals surface area contributed by atoms with Gasteiger partial charge in [-0.1, -0.05) is 41.9 Å². The van der Waals surface area contributed by atoms with Gasteiger partial charge in [0.1, 0.15) is 18.0 Å². The number of nitro benzene ring substituents is 1. The van der Waals surface area contributed by atoms with E-state index in [0.29, 0.717) is 33.5 Å². The largest absolute Gasteiger partial charge is 0.488 e. The summed E-state index contributed by atoms with van der Waals surface area (Å²) in [6.07, 6.45) is 1.64. The van der Waals surface area contributed by atoms with E-state index in [-0.39, 0.29) is 5.69 Å². The number of nitrogens with one attached hydrogen (secondary N) is 1. The van der Waals surface area contributed by atoms with Crippen molar-refractivity contribution in [1.82, 2.24) is 4.98 Å². The summed E-state index contributed by atoms with van der Waals surface area (Å²) in [5.74, 6) is 0.518. The van der Waals surface area contributed by atoms with Gasteiger partial charge in [-0.2, -0.15) is 0 Å². The molecule has 0 radical (unpaired) electrons. The van der Waals surface area contributed by atoms with Crippen LogP contribution in [0.4, 0.5) is 11.4 Å². The molecule has 0 saturated carbocycles. The molecule has 0 saturated heterocycles. The average Bonchev–Trinajstić information content (AvgIpc) is 3.05. The quantitative estimate of drug-likeness (QED) is 0.368. The fourth-order valence-electron chi connectivity index (χ4n) is 2.23. The summed E-state index contributed by atoms with van der Waals surface area (Å²) in [5.41, 5.74) is 1.33. The van der Waals surface area contributed by atoms with Gasteiger partial charge in [0, 0.05) is 23.2 Å². The van der Waals surface area contributed by atoms with E-state index >= 15 is 0 Å². The number of benzene rings is 2. The zero-order valence-corrected chi connectivity index (χ0v) is 16.5. The summed E-state index contributed by atoms with van der Waals surface area (Å²) in [4.78, 5) is 15.7. The van der Waals surface area contributed by atoms with Crippen molar-refractivity contribution in [3.8, 4) is 5.75 Å². The van der Waals surface area contributed by atoms with Crippen LogP contribution in [-0.4, -0.2) is 9.91 Å². The fraction of sp³-hybridized carbons (Fsp3) is 0.118. The molecule has 3 rings (SSSR count). The SMILES string of the molecule is O=[N+]([O-])c1cc(Br)c(OCc2ccccc2)cc1NCc1cnc(Cl)s1. The van der Waals surface area contributed by atoms with E-state index in [4.69, 9.17) is 16.3 Å². The van der Waals surface area contributed by atoms with Crippen LogP contribution >= 0.6 is 38.9 Å². The Morgan fingerprint density at radius 1 is 1.31 bits per heavy atom. The van der Waals surface area contributed by atoms with Crippen LogP contribution in [0.2, 0.25) is 4.47 Å². The van der Waals surface area contributed by atoms with Gasteiger partial charge in [0.2, 0.25) is 0 Å². The van der Waals surface area contributed by atoms with E-state index in [1.165, 1.54) is 17.4 Å². The van der Waals surface area contributed by atoms with Crippen LogP contribution in [0.15, 0.2) is 53.1 Å². The van der Waals surface area contributed by atoms with Crippen molar-refractivity contribution in [2.45, 2.75) is 13.2 Å². The number of thiazole rings is 1. The fourth-order valence-corrected chi connectivity index (χ4v) is 3.59. The third-order valence-corrected chi connectivity index (χ3v) is 5.20. The normalized spacial score (nSPS) is 10.5. The molecule has 1 heterocycles. The monoisotopic (exact) mass is 453 g/mol. The molecule has 0 aliphatic carbocycles. The van der Waals surface area contributed by atoms with Crippen molar-refractivity contribution >= 4 is 50.2 Å². The molecule has 3 aromatic rings. The predicted octanol–water partition coefficient (Wildman–Crippen LogP) is 5.66. The van der Waals surface area contributed by atoms with Crippen LogP contribution in [0.25, 0.3) is 0 Å². The molecule has 134 valence electrons. The Morgan fingerprint density at radius 2 is 2.08 bits per heavy atom. The molecule has 0 atom stereocenters. The molecular weight excluding hydrogens is 442 g/mol. The van der Waals surface area contributed by atoms with Crippen LogP contribution < -0.4 is 10.1 Å². The van der Waals surface area contributed by atoms with Crippen molar-refractivity contribution in [1.29, 1.82) is 0 Å². The van der Waals surface area contributed by atoms with Crippen LogP contribution in [0.3, 0.4) is 0 Å². The molecule has 1 N–H and O–H groups in total. The zero-order valence-electron chi connectivity index (χ0n) is 13.3. The number of nitro groups is 1. The van der Waals surface area contributed by atoms with Gasteiger partial charge in [0.15, 0.2) is 4.47 Å². The van der Waals surface area contributed by atoms with Crippen LogP contribution in [-0.2, 0) is 13.2 Å². The van der Waals surface area contributed by atoms with E-state index < -0.39 is 4.92 Å². The van der Waals surface area contributed by atoms with Gasteiger partial charge in [0.25, 0.3) is 5.69 Å². The van der Waals surface area contributed by atoms with Gasteiger partial charge in [-0.3, -0.25) is 10.1 Å². The Bertz CT molecular complexity index is 921. The Kier molecular flexibility index (Phi) is 6.08. The van der Waals surface area contributed by atoms with Gasteiger partial charge in [-0.05, 0) is 21.5 Å². The predicted molar refractivity (Wildman–Crippen MR) is 106 cm³/mol. The van der Waals surface area contributed by atoms with Crippen molar-refractivity contribution in [2.75, 3.05) is 5.32 Å². The maximum absolute atomic E-state index is 11.4. The third kappa shape index (κ3) is 4.72. The van der Waals surface area contributed by atoms with E-state index in [1.54, 1.807) is 12.3 Å². The molecule has 0 unspecified atom stereocenters. The minimum atomic E-state index is -0.437. The first-order valence-corrected chi connectivity index (χ1v) is 9.50. The molecule has 0 amide bonds. The highest BCUT2D eigenvalue weighted by Gasteiger charge is 2.18. The summed E-state index contributed by atoms with van der Waals surface area (Å²) in [7, 11) is 0. The van der Waals surface area contributed by atoms with E-state index in [9.17, 15) is 10.1 Å². The van der Waals surface area contributed by atoms with Crippen molar-refractivity contribution in [3.63, 3.8) is 0 Å². The van der Waals surface area contributed by atoms with Gasteiger partial charge in [-0.25, -0.2) is 4.98 Å². The first-order chi connectivity index (χ1) is 12.5. The first kappa shape index (κ1) is 18.6. The number of hydrogen-bond donors (Lipinski definition) is 1. The number of nitrogens with zero attached hydrogens (tertiary/aromatic N) is 2. The Balaban J connectivity index is 1.80. The minimum Gasteiger partial charge on any atom is -0.488 e. The van der Waals surface area contributed by atoms with Crippen LogP contribution in [0.5, 0.6) is 5.75 Å². The maximum atomic E-state index is 11.4. The summed E-state index contributed by atoms with van der Waals surface area (Å²) >= 11 is 10.5. The molecule has 1 aromatic heterocycles. The van der Waals surface area contributed by atoms with Gasteiger partial charge in [0.05, 0.1) is 15.9 Å². The molecule has 2 aromatic carbocycles. The summed E-state index contributed by atoms with van der Waals surface area (Å²) in [6, 6.07) is 12.7. The Morgan fingerprint density at radius 3 is 2.73 bits per heavy atom. The molecule has 26 heavy (non-hydrogen) atoms. The topological polar surface area (TPSA) is 77.3 Å². The number of rotatable bonds is 7. The smallest absolute Gasteiger partial charge is 0.293 e. The maximum Gasteiger partial charge on any atom is 0.293 e. The molecule has 0 spiro atoms. The summed E-state index contributed by atoms with van der Waals surface area (Å²) < 4.78 is 6.76. The van der Waals surface area contributed by atoms with Crippen molar-refractivity contribution in [3.05, 3.63) is 78.2 Å². The van der Waals surface area contributed by atoms with Crippen molar-refractivity contribution in [2.24, 2.45) is 0 Å². The highest BCUT2D eigenvalue weighted by Crippen LogP contribution is 2.37. The van der Waals surface area contributed by atoms with Gasteiger partial charge >= 0.3 is 0 Å². The zero-order chi connectivity index (χ0) is 18.5. The molecular formula is C17H13BrClN3O3S. The standard InChI is InChI=1S/C17H13BrClN3O3S/c18-13-6-15(22(23)24)14(20-8-12-9-21-17(19)26-12)7-16(13)25-10-11-4-2-1-3-5-11/h1-7,9,20H,8,10H2. The number of ether oxygens (including phenoxy) is 1. The lowest BCUT2D eigenvalue weighted by molar-refractivity contribution is -0.384. The lowest BCUT2D eigenvalue weighted by Gasteiger charge is -2.12. The average molecular weight is 455 g/mol. The van der Waals surface area contributed by atoms with E-state index in [2.05, 4.69) is 26.2 Å². The summed E-state index contributed by atoms with van der Waals surface area (Å²) in [6.45, 7) is 0.742. The number of anilines is 1. The second kappa shape index (κ2) is 8.48. The van der Waals surface area contributed by atoms with Gasteiger partial charge in [-0.15, -0.1) is 11.3 Å². The summed E-state index contributed by atoms with van der Waals surface area (Å²) in [5, 5.41) is 14.4. The molecule has 6 nitrogen and oxygen atoms in total. The second-order valence-corrected chi connectivity index (χ2v) is 7.82. The lowest BCUT2D eigenvalue weighted by atomic mass is 10.2. The number of aromatic nitrogens is 1. The Hall–Kier alpha value is -2.16. The number of hydrogen-bond acceptors (Lipinski definition) is 6. The highest BCUT2D eigenvalue weighted by molar-refractivity contribution is 9.10. The van der Waals surface area contributed by atoms with Crippen molar-refractivity contribution < 1.29 is 9.66 Å². The minimum absolute atomic E-state index is 0.0421. The molecule has 9 heteroatoms. The second-order valence-electron chi connectivity index (χ2n) is 5.26. The Labute approximate surface area is 167 Å². The van der Waals surface area contributed by atoms with Gasteiger partial charge < -0.3 is 10.1 Å². The van der Waals surface area contributed by atoms with Crippen LogP contribution in [0, 0.1) is 10.1 Å². The molecule has 0 aliphatic rings. The van der Waals surface area contributed by atoms with E-state index in [1.807, 2.05) is 30.3 Å². The third-order valence-electron chi connectivity index (χ3n) is 3.46. The first-order valence-electron chi connectivity index (χ1n) is 7.51. The van der Waals surface area contributed by atoms with Crippen LogP contribution in [0.1, 0.15) is 10.4 Å². The lowest BCUT2D eigenvalue weighted by Crippen LogP contribution is -2.03. The molecule has 0 bridgehead atoms. The molecule has 0 fully saturated rings. The molecule has 0 aliphatic heterocycles. The van der Waals surface area contributed by atoms with E-state index in [0.717, 1.165) is 10.4 Å². The number of halogens is 2.